The molecule has 1 aromatic heterocycles. The molecule has 152 valence electrons. The van der Waals surface area contributed by atoms with Crippen molar-refractivity contribution in [2.24, 2.45) is 0 Å². The van der Waals surface area contributed by atoms with E-state index in [0.29, 0.717) is 28.0 Å². The largest absolute Gasteiger partial charge is 0.435 e. The molecule has 1 heterocycles. The van der Waals surface area contributed by atoms with Gasteiger partial charge in [0.1, 0.15) is 11.6 Å². The first kappa shape index (κ1) is 20.5. The number of hydrogen-bond donors (Lipinski definition) is 2. The molecule has 29 heavy (non-hydrogen) atoms. The van der Waals surface area contributed by atoms with Crippen LogP contribution in [0.15, 0.2) is 53.7 Å². The van der Waals surface area contributed by atoms with Gasteiger partial charge in [0.15, 0.2) is 5.82 Å². The van der Waals surface area contributed by atoms with Crippen molar-refractivity contribution in [3.05, 3.63) is 54.3 Å². The third kappa shape index (κ3) is 5.64. The van der Waals surface area contributed by atoms with Gasteiger partial charge in [-0.1, -0.05) is 11.8 Å². The van der Waals surface area contributed by atoms with Crippen molar-refractivity contribution < 1.29 is 22.7 Å². The van der Waals surface area contributed by atoms with E-state index in [2.05, 4.69) is 20.3 Å². The molecule has 3 rings (SSSR count). The zero-order valence-electron chi connectivity index (χ0n) is 14.9. The maximum atomic E-state index is 12.9. The average Bonchev–Trinajstić information content (AvgIpc) is 3.04. The predicted octanol–water partition coefficient (Wildman–Crippen LogP) is 3.52. The minimum Gasteiger partial charge on any atom is -0.435 e. The zero-order chi connectivity index (χ0) is 20.8. The number of thioether (sulfide) groups is 1. The molecule has 3 N–H and O–H groups in total. The molecule has 0 aliphatic rings. The highest BCUT2D eigenvalue weighted by molar-refractivity contribution is 7.99. The number of alkyl halides is 2. The summed E-state index contributed by atoms with van der Waals surface area (Å²) >= 11 is 1.24. The van der Waals surface area contributed by atoms with Gasteiger partial charge in [-0.05, 0) is 48.5 Å². The van der Waals surface area contributed by atoms with Gasteiger partial charge >= 0.3 is 6.61 Å². The number of ether oxygens (including phenoxy) is 1. The molecule has 0 aliphatic carbocycles. The van der Waals surface area contributed by atoms with Gasteiger partial charge in [-0.25, -0.2) is 9.07 Å². The van der Waals surface area contributed by atoms with Crippen molar-refractivity contribution >= 4 is 23.4 Å². The van der Waals surface area contributed by atoms with E-state index < -0.39 is 6.61 Å². The number of carbonyl (C=O) groups excluding carboxylic acids is 1. The number of hydrogen-bond acceptors (Lipinski definition) is 6. The van der Waals surface area contributed by atoms with Gasteiger partial charge < -0.3 is 15.9 Å². The van der Waals surface area contributed by atoms with Crippen LogP contribution in [0.3, 0.4) is 0 Å². The number of nitrogens with zero attached hydrogens (tertiary/aromatic N) is 3. The molecule has 0 aliphatic heterocycles. The fourth-order valence-corrected chi connectivity index (χ4v) is 3.14. The molecule has 2 aromatic carbocycles. The minimum atomic E-state index is -2.90. The van der Waals surface area contributed by atoms with Gasteiger partial charge in [-0.15, -0.1) is 10.2 Å². The van der Waals surface area contributed by atoms with Crippen molar-refractivity contribution in [2.45, 2.75) is 18.2 Å². The van der Waals surface area contributed by atoms with E-state index in [-0.39, 0.29) is 23.9 Å². The van der Waals surface area contributed by atoms with Crippen LogP contribution in [0.1, 0.15) is 6.42 Å². The molecule has 0 radical (unpaired) electrons. The molecule has 0 saturated heterocycles. The third-order valence-corrected chi connectivity index (χ3v) is 4.64. The maximum absolute atomic E-state index is 12.9. The predicted molar refractivity (Wildman–Crippen MR) is 103 cm³/mol. The fourth-order valence-electron chi connectivity index (χ4n) is 2.35. The Morgan fingerprint density at radius 1 is 1.14 bits per heavy atom. The van der Waals surface area contributed by atoms with Crippen LogP contribution < -0.4 is 15.9 Å². The number of aromatic nitrogens is 3. The Balaban J connectivity index is 1.54. The lowest BCUT2D eigenvalue weighted by Crippen LogP contribution is -2.14. The molecule has 0 bridgehead atoms. The van der Waals surface area contributed by atoms with E-state index in [1.54, 1.807) is 0 Å². The molecular weight excluding hydrogens is 407 g/mol. The maximum Gasteiger partial charge on any atom is 0.387 e. The Labute approximate surface area is 168 Å². The number of nitrogens with two attached hydrogens (primary N) is 1. The summed E-state index contributed by atoms with van der Waals surface area (Å²) in [5, 5.41) is 11.0. The van der Waals surface area contributed by atoms with E-state index in [9.17, 15) is 18.0 Å². The molecule has 0 saturated carbocycles. The smallest absolute Gasteiger partial charge is 0.387 e. The molecule has 3 aromatic rings. The summed E-state index contributed by atoms with van der Waals surface area (Å²) in [4.78, 5) is 11.9. The Morgan fingerprint density at radius 2 is 1.83 bits per heavy atom. The summed E-state index contributed by atoms with van der Waals surface area (Å²) < 4.78 is 42.8. The average molecular weight is 423 g/mol. The van der Waals surface area contributed by atoms with E-state index in [1.165, 1.54) is 65.0 Å². The van der Waals surface area contributed by atoms with Crippen molar-refractivity contribution in [1.82, 2.24) is 14.9 Å². The molecule has 7 nitrogen and oxygen atoms in total. The van der Waals surface area contributed by atoms with Crippen LogP contribution in [0.4, 0.5) is 18.9 Å². The number of nitrogen functional groups attached to an aromatic ring is 1. The first-order valence-electron chi connectivity index (χ1n) is 8.36. The highest BCUT2D eigenvalue weighted by Gasteiger charge is 2.13. The molecular formula is C18H16F3N5O2S. The Morgan fingerprint density at radius 3 is 2.48 bits per heavy atom. The summed E-state index contributed by atoms with van der Waals surface area (Å²) in [5.74, 6) is 6.13. The van der Waals surface area contributed by atoms with Crippen molar-refractivity contribution in [2.75, 3.05) is 16.9 Å². The molecule has 0 atom stereocenters. The molecule has 1 amide bonds. The fraction of sp³-hybridized carbons (Fsp3) is 0.167. The summed E-state index contributed by atoms with van der Waals surface area (Å²) in [5.41, 5.74) is 1.08. The highest BCUT2D eigenvalue weighted by Crippen LogP contribution is 2.24. The third-order valence-electron chi connectivity index (χ3n) is 3.69. The van der Waals surface area contributed by atoms with Crippen LogP contribution in [-0.2, 0) is 4.79 Å². The number of benzene rings is 2. The molecule has 0 unspecified atom stereocenters. The molecule has 0 spiro atoms. The second kappa shape index (κ2) is 9.32. The lowest BCUT2D eigenvalue weighted by molar-refractivity contribution is -0.115. The Hall–Kier alpha value is -3.21. The SMILES string of the molecule is Nn1c(SCCC(=O)Nc2ccc(F)cc2)nnc1-c1ccc(OC(F)F)cc1. The van der Waals surface area contributed by atoms with Gasteiger partial charge in [0.2, 0.25) is 11.1 Å². The lowest BCUT2D eigenvalue weighted by atomic mass is 10.2. The van der Waals surface area contributed by atoms with Crippen LogP contribution in [-0.4, -0.2) is 33.1 Å². The number of rotatable bonds is 8. The van der Waals surface area contributed by atoms with Crippen LogP contribution in [0.25, 0.3) is 11.4 Å². The van der Waals surface area contributed by atoms with Gasteiger partial charge in [-0.2, -0.15) is 8.78 Å². The van der Waals surface area contributed by atoms with Crippen molar-refractivity contribution in [1.29, 1.82) is 0 Å². The normalized spacial score (nSPS) is 10.9. The minimum absolute atomic E-state index is 0.0219. The number of amides is 1. The second-order valence-corrected chi connectivity index (χ2v) is 6.79. The summed E-state index contributed by atoms with van der Waals surface area (Å²) in [6.45, 7) is -2.90. The molecule has 11 heteroatoms. The Kier molecular flexibility index (Phi) is 6.60. The molecule has 0 fully saturated rings. The van der Waals surface area contributed by atoms with E-state index >= 15 is 0 Å². The number of anilines is 1. The first-order chi connectivity index (χ1) is 13.9. The number of nitrogens with one attached hydrogen (secondary N) is 1. The first-order valence-corrected chi connectivity index (χ1v) is 9.35. The standard InChI is InChI=1S/C18H16F3N5O2S/c19-12-3-5-13(6-4-12)23-15(27)9-10-29-18-25-24-16(26(18)22)11-1-7-14(8-2-11)28-17(20)21/h1-8,17H,9-10,22H2,(H,23,27). The zero-order valence-corrected chi connectivity index (χ0v) is 15.7. The lowest BCUT2D eigenvalue weighted by Gasteiger charge is -2.07. The highest BCUT2D eigenvalue weighted by atomic mass is 32.2. The van der Waals surface area contributed by atoms with Gasteiger partial charge in [-0.3, -0.25) is 4.79 Å². The van der Waals surface area contributed by atoms with Crippen LogP contribution in [0.2, 0.25) is 0 Å². The van der Waals surface area contributed by atoms with E-state index in [0.717, 1.165) is 0 Å². The topological polar surface area (TPSA) is 95.1 Å². The van der Waals surface area contributed by atoms with Crippen molar-refractivity contribution in [3.63, 3.8) is 0 Å². The van der Waals surface area contributed by atoms with E-state index in [4.69, 9.17) is 5.84 Å². The number of carbonyl (C=O) groups is 1. The summed E-state index contributed by atoms with van der Waals surface area (Å²) in [7, 11) is 0. The van der Waals surface area contributed by atoms with Gasteiger partial charge in [0.05, 0.1) is 0 Å². The van der Waals surface area contributed by atoms with Crippen molar-refractivity contribution in [3.8, 4) is 17.1 Å². The second-order valence-electron chi connectivity index (χ2n) is 5.73. The monoisotopic (exact) mass is 423 g/mol. The van der Waals surface area contributed by atoms with Gasteiger partial charge in [0.25, 0.3) is 0 Å². The van der Waals surface area contributed by atoms with Crippen LogP contribution in [0.5, 0.6) is 5.75 Å². The Bertz CT molecular complexity index is 965. The van der Waals surface area contributed by atoms with E-state index in [1.807, 2.05) is 0 Å². The van der Waals surface area contributed by atoms with Gasteiger partial charge in [0, 0.05) is 23.4 Å². The van der Waals surface area contributed by atoms with Crippen LogP contribution >= 0.6 is 11.8 Å². The summed E-state index contributed by atoms with van der Waals surface area (Å²) in [6, 6.07) is 11.3. The summed E-state index contributed by atoms with van der Waals surface area (Å²) in [6.07, 6.45) is 0.184. The number of halogens is 3. The van der Waals surface area contributed by atoms with Crippen LogP contribution in [0, 0.1) is 5.82 Å². The quantitative estimate of drug-likeness (QED) is 0.425.